The molecule has 0 bridgehead atoms. The van der Waals surface area contributed by atoms with Gasteiger partial charge in [0.2, 0.25) is 5.91 Å². The van der Waals surface area contributed by atoms with Gasteiger partial charge in [-0.3, -0.25) is 9.59 Å². The second-order valence-electron chi connectivity index (χ2n) is 6.95. The van der Waals surface area contributed by atoms with Crippen molar-refractivity contribution in [3.63, 3.8) is 0 Å². The van der Waals surface area contributed by atoms with Crippen molar-refractivity contribution in [1.82, 2.24) is 9.21 Å². The standard InChI is InChI=1S/C19H22ClN3O4S2/c1-22(2)19(25)15-11-13(5-7-16(15)20)21-17(24)12-14-6-8-18(28-14)29(26,27)23-9-3-4-10-23/h5-8,11H,3-4,9-10,12H2,1-2H3,(H,21,24). The predicted molar refractivity (Wildman–Crippen MR) is 114 cm³/mol. The molecule has 1 fully saturated rings. The van der Waals surface area contributed by atoms with Crippen LogP contribution in [0.4, 0.5) is 5.69 Å². The first-order valence-corrected chi connectivity index (χ1v) is 11.7. The van der Waals surface area contributed by atoms with Gasteiger partial charge in [-0.1, -0.05) is 11.6 Å². The molecule has 2 aromatic rings. The lowest BCUT2D eigenvalue weighted by Crippen LogP contribution is -2.27. The quantitative estimate of drug-likeness (QED) is 0.725. The third-order valence-electron chi connectivity index (χ3n) is 4.52. The number of nitrogens with one attached hydrogen (secondary N) is 1. The molecule has 10 heteroatoms. The van der Waals surface area contributed by atoms with Gasteiger partial charge in [-0.25, -0.2) is 8.42 Å². The minimum atomic E-state index is -3.48. The van der Waals surface area contributed by atoms with E-state index in [2.05, 4.69) is 5.32 Å². The molecule has 3 rings (SSSR count). The third kappa shape index (κ3) is 4.98. The number of hydrogen-bond acceptors (Lipinski definition) is 5. The van der Waals surface area contributed by atoms with E-state index >= 15 is 0 Å². The minimum Gasteiger partial charge on any atom is -0.345 e. The molecule has 0 atom stereocenters. The first-order chi connectivity index (χ1) is 13.7. The number of rotatable bonds is 6. The highest BCUT2D eigenvalue weighted by molar-refractivity contribution is 7.91. The first-order valence-electron chi connectivity index (χ1n) is 9.08. The Morgan fingerprint density at radius 3 is 2.52 bits per heavy atom. The Morgan fingerprint density at radius 2 is 1.86 bits per heavy atom. The predicted octanol–water partition coefficient (Wildman–Crippen LogP) is 3.07. The molecule has 0 unspecified atom stereocenters. The molecule has 2 amide bonds. The average Bonchev–Trinajstić information content (AvgIpc) is 3.35. The van der Waals surface area contributed by atoms with E-state index in [-0.39, 0.29) is 22.4 Å². The van der Waals surface area contributed by atoms with Gasteiger partial charge >= 0.3 is 0 Å². The lowest BCUT2D eigenvalue weighted by molar-refractivity contribution is -0.115. The summed E-state index contributed by atoms with van der Waals surface area (Å²) in [5.41, 5.74) is 0.746. The molecule has 0 spiro atoms. The number of thiophene rings is 1. The Balaban J connectivity index is 1.68. The van der Waals surface area contributed by atoms with Crippen molar-refractivity contribution in [2.45, 2.75) is 23.5 Å². The lowest BCUT2D eigenvalue weighted by atomic mass is 10.1. The maximum absolute atomic E-state index is 12.6. The van der Waals surface area contributed by atoms with Crippen molar-refractivity contribution in [2.24, 2.45) is 0 Å². The number of benzene rings is 1. The summed E-state index contributed by atoms with van der Waals surface area (Å²) in [5.74, 6) is -0.566. The number of nitrogens with zero attached hydrogens (tertiary/aromatic N) is 2. The fraction of sp³-hybridized carbons (Fsp3) is 0.368. The second-order valence-corrected chi connectivity index (χ2v) is 10.7. The van der Waals surface area contributed by atoms with E-state index in [1.165, 1.54) is 15.3 Å². The summed E-state index contributed by atoms with van der Waals surface area (Å²) < 4.78 is 26.9. The highest BCUT2D eigenvalue weighted by Gasteiger charge is 2.28. The van der Waals surface area contributed by atoms with Crippen LogP contribution in [0.15, 0.2) is 34.5 Å². The summed E-state index contributed by atoms with van der Waals surface area (Å²) in [4.78, 5) is 26.6. The van der Waals surface area contributed by atoms with E-state index in [4.69, 9.17) is 11.6 Å². The van der Waals surface area contributed by atoms with Crippen molar-refractivity contribution in [3.05, 3.63) is 45.8 Å². The summed E-state index contributed by atoms with van der Waals surface area (Å²) in [6.45, 7) is 1.08. The Kier molecular flexibility index (Phi) is 6.62. The Bertz CT molecular complexity index is 1030. The number of amides is 2. The monoisotopic (exact) mass is 455 g/mol. The summed E-state index contributed by atoms with van der Waals surface area (Å²) >= 11 is 7.19. The van der Waals surface area contributed by atoms with Crippen LogP contribution in [0.2, 0.25) is 5.02 Å². The molecule has 1 N–H and O–H groups in total. The van der Waals surface area contributed by atoms with Gasteiger partial charge in [0, 0.05) is 37.7 Å². The molecule has 156 valence electrons. The Hall–Kier alpha value is -1.94. The second kappa shape index (κ2) is 8.83. The molecule has 7 nitrogen and oxygen atoms in total. The van der Waals surface area contributed by atoms with Crippen molar-refractivity contribution in [1.29, 1.82) is 0 Å². The lowest BCUT2D eigenvalue weighted by Gasteiger charge is -2.13. The van der Waals surface area contributed by atoms with Crippen LogP contribution in [-0.2, 0) is 21.2 Å². The summed E-state index contributed by atoms with van der Waals surface area (Å²) in [6.07, 6.45) is 1.79. The van der Waals surface area contributed by atoms with Crippen LogP contribution in [-0.4, -0.2) is 56.6 Å². The molecule has 0 aliphatic carbocycles. The van der Waals surface area contributed by atoms with Gasteiger partial charge in [0.25, 0.3) is 15.9 Å². The highest BCUT2D eigenvalue weighted by Crippen LogP contribution is 2.28. The zero-order chi connectivity index (χ0) is 21.2. The van der Waals surface area contributed by atoms with Gasteiger partial charge in [0.05, 0.1) is 17.0 Å². The SMILES string of the molecule is CN(C)C(=O)c1cc(NC(=O)Cc2ccc(S(=O)(=O)N3CCCC3)s2)ccc1Cl. The van der Waals surface area contributed by atoms with E-state index < -0.39 is 10.0 Å². The van der Waals surface area contributed by atoms with Gasteiger partial charge in [0.1, 0.15) is 4.21 Å². The molecule has 29 heavy (non-hydrogen) atoms. The van der Waals surface area contributed by atoms with Gasteiger partial charge in [0.15, 0.2) is 0 Å². The van der Waals surface area contributed by atoms with Crippen LogP contribution in [0.3, 0.4) is 0 Å². The number of hydrogen-bond donors (Lipinski definition) is 1. The van der Waals surface area contributed by atoms with Crippen molar-refractivity contribution in [2.75, 3.05) is 32.5 Å². The van der Waals surface area contributed by atoms with Gasteiger partial charge < -0.3 is 10.2 Å². The van der Waals surface area contributed by atoms with E-state index in [1.807, 2.05) is 0 Å². The zero-order valence-electron chi connectivity index (χ0n) is 16.1. The minimum absolute atomic E-state index is 0.0414. The highest BCUT2D eigenvalue weighted by atomic mass is 35.5. The molecule has 1 aliphatic heterocycles. The number of anilines is 1. The molecule has 1 aromatic carbocycles. The van der Waals surface area contributed by atoms with Crippen molar-refractivity contribution in [3.8, 4) is 0 Å². The Labute approximate surface area is 179 Å². The largest absolute Gasteiger partial charge is 0.345 e. The zero-order valence-corrected chi connectivity index (χ0v) is 18.5. The summed E-state index contributed by atoms with van der Waals surface area (Å²) in [5, 5.41) is 3.04. The van der Waals surface area contributed by atoms with Crippen LogP contribution in [0.1, 0.15) is 28.1 Å². The number of carbonyl (C=O) groups excluding carboxylic acids is 2. The number of halogens is 1. The molecule has 1 saturated heterocycles. The molecule has 0 saturated carbocycles. The first kappa shape index (κ1) is 21.8. The molecule has 1 aromatic heterocycles. The number of sulfonamides is 1. The smallest absolute Gasteiger partial charge is 0.254 e. The van der Waals surface area contributed by atoms with E-state index in [0.29, 0.717) is 34.2 Å². The molecular formula is C19H22ClN3O4S2. The molecule has 0 radical (unpaired) electrons. The van der Waals surface area contributed by atoms with Gasteiger partial charge in [-0.05, 0) is 43.2 Å². The third-order valence-corrected chi connectivity index (χ3v) is 8.30. The van der Waals surface area contributed by atoms with Crippen LogP contribution in [0.5, 0.6) is 0 Å². The average molecular weight is 456 g/mol. The van der Waals surface area contributed by atoms with Gasteiger partial charge in [-0.15, -0.1) is 11.3 Å². The molecule has 1 aliphatic rings. The summed E-state index contributed by atoms with van der Waals surface area (Å²) in [6, 6.07) is 7.91. The summed E-state index contributed by atoms with van der Waals surface area (Å²) in [7, 11) is -0.238. The van der Waals surface area contributed by atoms with E-state index in [0.717, 1.165) is 24.2 Å². The van der Waals surface area contributed by atoms with Crippen LogP contribution in [0.25, 0.3) is 0 Å². The van der Waals surface area contributed by atoms with E-state index in [9.17, 15) is 18.0 Å². The molecule has 2 heterocycles. The number of carbonyl (C=O) groups is 2. The normalized spacial score (nSPS) is 14.7. The van der Waals surface area contributed by atoms with Gasteiger partial charge in [-0.2, -0.15) is 4.31 Å². The molecular weight excluding hydrogens is 434 g/mol. The maximum Gasteiger partial charge on any atom is 0.254 e. The van der Waals surface area contributed by atoms with Crippen molar-refractivity contribution >= 4 is 50.5 Å². The Morgan fingerprint density at radius 1 is 1.17 bits per heavy atom. The van der Waals surface area contributed by atoms with Crippen molar-refractivity contribution < 1.29 is 18.0 Å². The maximum atomic E-state index is 12.6. The van der Waals surface area contributed by atoms with Crippen LogP contribution >= 0.6 is 22.9 Å². The van der Waals surface area contributed by atoms with Crippen LogP contribution < -0.4 is 5.32 Å². The topological polar surface area (TPSA) is 86.8 Å². The van der Waals surface area contributed by atoms with Crippen LogP contribution in [0, 0.1) is 0 Å². The fourth-order valence-corrected chi connectivity index (χ4v) is 6.24. The fourth-order valence-electron chi connectivity index (χ4n) is 3.02. The van der Waals surface area contributed by atoms with E-state index in [1.54, 1.807) is 38.4 Å².